The molecule has 13 heavy (non-hydrogen) atoms. The van der Waals surface area contributed by atoms with E-state index < -0.39 is 5.82 Å². The van der Waals surface area contributed by atoms with Crippen LogP contribution in [0.4, 0.5) is 4.39 Å². The highest BCUT2D eigenvalue weighted by Crippen LogP contribution is 2.26. The fourth-order valence-corrected chi connectivity index (χ4v) is 1.11. The average molecular weight is 185 g/mol. The van der Waals surface area contributed by atoms with Gasteiger partial charge in [0.05, 0.1) is 7.11 Å². The van der Waals surface area contributed by atoms with Crippen molar-refractivity contribution in [2.75, 3.05) is 13.7 Å². The monoisotopic (exact) mass is 185 g/mol. The van der Waals surface area contributed by atoms with Gasteiger partial charge in [-0.3, -0.25) is 0 Å². The number of halogens is 1. The van der Waals surface area contributed by atoms with Gasteiger partial charge in [-0.2, -0.15) is 0 Å². The first-order chi connectivity index (χ1) is 6.19. The SMILES string of the molecule is COc1cc(O)c(CCN)c(F)c1. The Hall–Kier alpha value is -1.29. The van der Waals surface area contributed by atoms with Crippen LogP contribution in [-0.4, -0.2) is 18.8 Å². The number of phenols is 1. The van der Waals surface area contributed by atoms with Crippen LogP contribution in [0.5, 0.6) is 11.5 Å². The third-order valence-electron chi connectivity index (χ3n) is 1.78. The molecule has 0 saturated heterocycles. The average Bonchev–Trinajstić information content (AvgIpc) is 2.11. The van der Waals surface area contributed by atoms with Crippen LogP contribution in [0.15, 0.2) is 12.1 Å². The fraction of sp³-hybridized carbons (Fsp3) is 0.333. The fourth-order valence-electron chi connectivity index (χ4n) is 1.11. The molecule has 0 aliphatic heterocycles. The van der Waals surface area contributed by atoms with Crippen LogP contribution in [-0.2, 0) is 6.42 Å². The Morgan fingerprint density at radius 1 is 1.54 bits per heavy atom. The highest BCUT2D eigenvalue weighted by Gasteiger charge is 2.09. The van der Waals surface area contributed by atoms with E-state index in [9.17, 15) is 9.50 Å². The number of hydrogen-bond donors (Lipinski definition) is 2. The standard InChI is InChI=1S/C9H12FNO2/c1-13-6-4-8(10)7(2-3-11)9(12)5-6/h4-5,12H,2-3,11H2,1H3. The zero-order valence-electron chi connectivity index (χ0n) is 7.38. The van der Waals surface area contributed by atoms with E-state index in [1.54, 1.807) is 0 Å². The summed E-state index contributed by atoms with van der Waals surface area (Å²) in [6.45, 7) is 0.302. The Morgan fingerprint density at radius 3 is 2.69 bits per heavy atom. The first kappa shape index (κ1) is 9.80. The van der Waals surface area contributed by atoms with Crippen molar-refractivity contribution in [3.63, 3.8) is 0 Å². The van der Waals surface area contributed by atoms with Gasteiger partial charge < -0.3 is 15.6 Å². The number of benzene rings is 1. The van der Waals surface area contributed by atoms with Crippen molar-refractivity contribution in [2.45, 2.75) is 6.42 Å². The number of methoxy groups -OCH3 is 1. The van der Waals surface area contributed by atoms with Gasteiger partial charge in [-0.1, -0.05) is 0 Å². The number of nitrogens with two attached hydrogens (primary N) is 1. The summed E-state index contributed by atoms with van der Waals surface area (Å²) in [7, 11) is 1.41. The van der Waals surface area contributed by atoms with Crippen LogP contribution in [0, 0.1) is 5.82 Å². The van der Waals surface area contributed by atoms with E-state index in [1.807, 2.05) is 0 Å². The van der Waals surface area contributed by atoms with Crippen LogP contribution < -0.4 is 10.5 Å². The van der Waals surface area contributed by atoms with Gasteiger partial charge in [-0.15, -0.1) is 0 Å². The van der Waals surface area contributed by atoms with Crippen molar-refractivity contribution in [2.24, 2.45) is 5.73 Å². The van der Waals surface area contributed by atoms with Crippen molar-refractivity contribution in [1.82, 2.24) is 0 Å². The molecule has 1 aromatic rings. The summed E-state index contributed by atoms with van der Waals surface area (Å²) < 4.78 is 18.0. The van der Waals surface area contributed by atoms with Crippen molar-refractivity contribution in [3.8, 4) is 11.5 Å². The van der Waals surface area contributed by atoms with Gasteiger partial charge in [-0.05, 0) is 13.0 Å². The van der Waals surface area contributed by atoms with Gasteiger partial charge in [-0.25, -0.2) is 4.39 Å². The Morgan fingerprint density at radius 2 is 2.23 bits per heavy atom. The third-order valence-corrected chi connectivity index (χ3v) is 1.78. The maximum Gasteiger partial charge on any atom is 0.133 e. The zero-order chi connectivity index (χ0) is 9.84. The molecule has 0 heterocycles. The maximum absolute atomic E-state index is 13.2. The topological polar surface area (TPSA) is 55.5 Å². The Kier molecular flexibility index (Phi) is 3.08. The van der Waals surface area contributed by atoms with E-state index in [0.717, 1.165) is 0 Å². The lowest BCUT2D eigenvalue weighted by Crippen LogP contribution is -2.05. The normalized spacial score (nSPS) is 10.1. The predicted molar refractivity (Wildman–Crippen MR) is 47.4 cm³/mol. The molecule has 0 unspecified atom stereocenters. The van der Waals surface area contributed by atoms with Gasteiger partial charge in [0.2, 0.25) is 0 Å². The molecule has 1 aromatic carbocycles. The lowest BCUT2D eigenvalue weighted by Gasteiger charge is -2.07. The molecular weight excluding hydrogens is 173 g/mol. The van der Waals surface area contributed by atoms with Gasteiger partial charge in [0.1, 0.15) is 17.3 Å². The molecule has 4 heteroatoms. The summed E-state index contributed by atoms with van der Waals surface area (Å²) in [5.74, 6) is -0.291. The number of phenolic OH excluding ortho intramolecular Hbond substituents is 1. The summed E-state index contributed by atoms with van der Waals surface area (Å²) >= 11 is 0. The second kappa shape index (κ2) is 4.09. The van der Waals surface area contributed by atoms with Gasteiger partial charge in [0.15, 0.2) is 0 Å². The molecule has 0 saturated carbocycles. The Labute approximate surface area is 75.9 Å². The summed E-state index contributed by atoms with van der Waals surface area (Å²) in [5.41, 5.74) is 5.50. The number of rotatable bonds is 3. The van der Waals surface area contributed by atoms with E-state index in [0.29, 0.717) is 18.7 Å². The second-order valence-corrected chi connectivity index (χ2v) is 2.65. The smallest absolute Gasteiger partial charge is 0.133 e. The largest absolute Gasteiger partial charge is 0.507 e. The Bertz CT molecular complexity index is 279. The minimum atomic E-state index is -0.484. The molecule has 0 fully saturated rings. The minimum Gasteiger partial charge on any atom is -0.507 e. The summed E-state index contributed by atoms with van der Waals surface area (Å²) in [5, 5.41) is 9.36. The molecule has 0 amide bonds. The summed E-state index contributed by atoms with van der Waals surface area (Å²) in [6.07, 6.45) is 0.321. The van der Waals surface area contributed by atoms with E-state index in [2.05, 4.69) is 0 Å². The zero-order valence-corrected chi connectivity index (χ0v) is 7.38. The van der Waals surface area contributed by atoms with Crippen molar-refractivity contribution in [3.05, 3.63) is 23.5 Å². The minimum absolute atomic E-state index is 0.109. The lowest BCUT2D eigenvalue weighted by molar-refractivity contribution is 0.400. The van der Waals surface area contributed by atoms with Crippen LogP contribution in [0.2, 0.25) is 0 Å². The first-order valence-corrected chi connectivity index (χ1v) is 3.94. The highest BCUT2D eigenvalue weighted by molar-refractivity contribution is 5.41. The van der Waals surface area contributed by atoms with Gasteiger partial charge >= 0.3 is 0 Å². The van der Waals surface area contributed by atoms with Crippen LogP contribution in [0.1, 0.15) is 5.56 Å². The molecule has 3 nitrogen and oxygen atoms in total. The van der Waals surface area contributed by atoms with Crippen molar-refractivity contribution >= 4 is 0 Å². The number of ether oxygens (including phenoxy) is 1. The molecule has 0 aliphatic carbocycles. The summed E-state index contributed by atoms with van der Waals surface area (Å²) in [4.78, 5) is 0. The molecule has 72 valence electrons. The Balaban J connectivity index is 3.07. The molecule has 0 aromatic heterocycles. The highest BCUT2D eigenvalue weighted by atomic mass is 19.1. The number of aromatic hydroxyl groups is 1. The molecule has 0 atom stereocenters. The van der Waals surface area contributed by atoms with Gasteiger partial charge in [0, 0.05) is 17.7 Å². The van der Waals surface area contributed by atoms with Gasteiger partial charge in [0.25, 0.3) is 0 Å². The molecule has 3 N–H and O–H groups in total. The lowest BCUT2D eigenvalue weighted by atomic mass is 10.1. The van der Waals surface area contributed by atoms with Crippen molar-refractivity contribution < 1.29 is 14.2 Å². The molecule has 1 rings (SSSR count). The van der Waals surface area contributed by atoms with Crippen LogP contribution in [0.3, 0.4) is 0 Å². The van der Waals surface area contributed by atoms with Crippen molar-refractivity contribution in [1.29, 1.82) is 0 Å². The van der Waals surface area contributed by atoms with E-state index in [-0.39, 0.29) is 11.3 Å². The first-order valence-electron chi connectivity index (χ1n) is 3.94. The number of hydrogen-bond acceptors (Lipinski definition) is 3. The maximum atomic E-state index is 13.2. The molecular formula is C9H12FNO2. The molecule has 0 radical (unpaired) electrons. The second-order valence-electron chi connectivity index (χ2n) is 2.65. The molecule has 0 aliphatic rings. The van der Waals surface area contributed by atoms with E-state index >= 15 is 0 Å². The molecule has 0 spiro atoms. The van der Waals surface area contributed by atoms with E-state index in [4.69, 9.17) is 10.5 Å². The quantitative estimate of drug-likeness (QED) is 0.739. The summed E-state index contributed by atoms with van der Waals surface area (Å²) in [6, 6.07) is 2.60. The predicted octanol–water partition coefficient (Wildman–Crippen LogP) is 1.04. The van der Waals surface area contributed by atoms with Crippen LogP contribution in [0.25, 0.3) is 0 Å². The van der Waals surface area contributed by atoms with E-state index in [1.165, 1.54) is 19.2 Å². The van der Waals surface area contributed by atoms with Crippen LogP contribution >= 0.6 is 0 Å². The third kappa shape index (κ3) is 2.09. The molecule has 0 bridgehead atoms.